The monoisotopic (exact) mass is 232 g/mol. The van der Waals surface area contributed by atoms with Gasteiger partial charge in [0.1, 0.15) is 0 Å². The molecule has 1 unspecified atom stereocenters. The number of fused-ring (bicyclic) bond motifs is 1. The third kappa shape index (κ3) is 3.47. The van der Waals surface area contributed by atoms with Crippen LogP contribution in [0.1, 0.15) is 31.7 Å². The number of nitrogens with one attached hydrogen (secondary N) is 1. The Kier molecular flexibility index (Phi) is 4.43. The molecule has 2 aliphatic heterocycles. The van der Waals surface area contributed by atoms with Crippen LogP contribution in [0.3, 0.4) is 0 Å². The highest BCUT2D eigenvalue weighted by Gasteiger charge is 2.12. The van der Waals surface area contributed by atoms with Gasteiger partial charge < -0.3 is 10.2 Å². The van der Waals surface area contributed by atoms with Crippen molar-refractivity contribution >= 4 is 5.69 Å². The summed E-state index contributed by atoms with van der Waals surface area (Å²) in [7, 11) is 2.14. The molecule has 0 bridgehead atoms. The highest BCUT2D eigenvalue weighted by Crippen LogP contribution is 2.25. The SMILES string of the molecule is CC1CCCCN1.CN1CCc2ccccc21. The van der Waals surface area contributed by atoms with E-state index in [0.29, 0.717) is 0 Å². The lowest BCUT2D eigenvalue weighted by atomic mass is 10.1. The van der Waals surface area contributed by atoms with Gasteiger partial charge >= 0.3 is 0 Å². The van der Waals surface area contributed by atoms with E-state index in [-0.39, 0.29) is 0 Å². The molecule has 1 saturated heterocycles. The van der Waals surface area contributed by atoms with Crippen LogP contribution in [0.2, 0.25) is 0 Å². The minimum atomic E-state index is 0.786. The van der Waals surface area contributed by atoms with Gasteiger partial charge in [0.15, 0.2) is 0 Å². The lowest BCUT2D eigenvalue weighted by molar-refractivity contribution is 0.425. The molecular formula is C15H24N2. The van der Waals surface area contributed by atoms with Crippen LogP contribution < -0.4 is 10.2 Å². The van der Waals surface area contributed by atoms with Crippen molar-refractivity contribution in [1.82, 2.24) is 5.32 Å². The predicted octanol–water partition coefficient (Wildman–Crippen LogP) is 2.83. The van der Waals surface area contributed by atoms with Crippen LogP contribution in [0.5, 0.6) is 0 Å². The molecule has 0 saturated carbocycles. The van der Waals surface area contributed by atoms with Gasteiger partial charge in [-0.15, -0.1) is 0 Å². The van der Waals surface area contributed by atoms with E-state index in [1.54, 1.807) is 0 Å². The number of piperidine rings is 1. The van der Waals surface area contributed by atoms with Gasteiger partial charge in [-0.25, -0.2) is 0 Å². The Morgan fingerprint density at radius 2 is 2.06 bits per heavy atom. The van der Waals surface area contributed by atoms with E-state index in [4.69, 9.17) is 0 Å². The summed E-state index contributed by atoms with van der Waals surface area (Å²) >= 11 is 0. The smallest absolute Gasteiger partial charge is 0.0396 e. The van der Waals surface area contributed by atoms with Crippen LogP contribution in [0.15, 0.2) is 24.3 Å². The fourth-order valence-corrected chi connectivity index (χ4v) is 2.53. The molecule has 1 N–H and O–H groups in total. The van der Waals surface area contributed by atoms with Gasteiger partial charge in [0.2, 0.25) is 0 Å². The summed E-state index contributed by atoms with van der Waals surface area (Å²) < 4.78 is 0. The van der Waals surface area contributed by atoms with Crippen molar-refractivity contribution < 1.29 is 0 Å². The number of likely N-dealkylation sites (N-methyl/N-ethyl adjacent to an activating group) is 1. The lowest BCUT2D eigenvalue weighted by Crippen LogP contribution is -2.30. The van der Waals surface area contributed by atoms with Crippen molar-refractivity contribution in [1.29, 1.82) is 0 Å². The van der Waals surface area contributed by atoms with Crippen LogP contribution >= 0.6 is 0 Å². The maximum Gasteiger partial charge on any atom is 0.0396 e. The first-order chi connectivity index (χ1) is 8.27. The number of hydrogen-bond acceptors (Lipinski definition) is 2. The van der Waals surface area contributed by atoms with E-state index in [1.165, 1.54) is 50.0 Å². The van der Waals surface area contributed by atoms with Crippen LogP contribution in [-0.2, 0) is 6.42 Å². The van der Waals surface area contributed by atoms with E-state index in [9.17, 15) is 0 Å². The van der Waals surface area contributed by atoms with Crippen molar-refractivity contribution in [2.75, 3.05) is 25.0 Å². The van der Waals surface area contributed by atoms with Gasteiger partial charge in [0.05, 0.1) is 0 Å². The zero-order chi connectivity index (χ0) is 12.1. The second-order valence-electron chi connectivity index (χ2n) is 5.15. The number of benzene rings is 1. The Labute approximate surface area is 105 Å². The van der Waals surface area contributed by atoms with Gasteiger partial charge in [-0.05, 0) is 44.4 Å². The third-order valence-corrected chi connectivity index (χ3v) is 3.68. The molecular weight excluding hydrogens is 208 g/mol. The molecule has 3 rings (SSSR count). The number of nitrogens with zero attached hydrogens (tertiary/aromatic N) is 1. The molecule has 1 atom stereocenters. The average Bonchev–Trinajstić information content (AvgIpc) is 2.74. The van der Waals surface area contributed by atoms with Crippen molar-refractivity contribution in [3.63, 3.8) is 0 Å². The molecule has 2 heterocycles. The van der Waals surface area contributed by atoms with Crippen LogP contribution in [0.25, 0.3) is 0 Å². The van der Waals surface area contributed by atoms with Gasteiger partial charge in [0, 0.05) is 25.3 Å². The fraction of sp³-hybridized carbons (Fsp3) is 0.600. The summed E-state index contributed by atoms with van der Waals surface area (Å²) in [5, 5.41) is 3.38. The standard InChI is InChI=1S/C9H11N.C6H13N/c1-10-7-6-8-4-2-3-5-9(8)10;1-6-4-2-3-5-7-6/h2-5H,6-7H2,1H3;6-7H,2-5H2,1H3. The Hall–Kier alpha value is -1.02. The molecule has 2 heteroatoms. The minimum Gasteiger partial charge on any atom is -0.374 e. The second kappa shape index (κ2) is 6.06. The highest BCUT2D eigenvalue weighted by atomic mass is 15.1. The third-order valence-electron chi connectivity index (χ3n) is 3.68. The van der Waals surface area contributed by atoms with Crippen LogP contribution in [-0.4, -0.2) is 26.2 Å². The Morgan fingerprint density at radius 1 is 1.24 bits per heavy atom. The van der Waals surface area contributed by atoms with Crippen molar-refractivity contribution in [2.24, 2.45) is 0 Å². The maximum absolute atomic E-state index is 3.38. The molecule has 2 nitrogen and oxygen atoms in total. The Balaban J connectivity index is 0.000000136. The summed E-state index contributed by atoms with van der Waals surface area (Å²) in [6.07, 6.45) is 5.39. The maximum atomic E-state index is 3.38. The summed E-state index contributed by atoms with van der Waals surface area (Å²) in [4.78, 5) is 2.30. The molecule has 0 amide bonds. The second-order valence-corrected chi connectivity index (χ2v) is 5.15. The number of anilines is 1. The molecule has 2 aliphatic rings. The first kappa shape index (κ1) is 12.4. The molecule has 1 aromatic rings. The van der Waals surface area contributed by atoms with Gasteiger partial charge in [0.25, 0.3) is 0 Å². The van der Waals surface area contributed by atoms with E-state index in [0.717, 1.165) is 6.04 Å². The normalized spacial score (nSPS) is 22.7. The van der Waals surface area contributed by atoms with Crippen molar-refractivity contribution in [2.45, 2.75) is 38.6 Å². The molecule has 0 aromatic heterocycles. The minimum absolute atomic E-state index is 0.786. The number of para-hydroxylation sites is 1. The van der Waals surface area contributed by atoms with Gasteiger partial charge in [-0.2, -0.15) is 0 Å². The van der Waals surface area contributed by atoms with Crippen molar-refractivity contribution in [3.05, 3.63) is 29.8 Å². The van der Waals surface area contributed by atoms with E-state index in [2.05, 4.69) is 48.5 Å². The number of hydrogen-bond donors (Lipinski definition) is 1. The number of rotatable bonds is 0. The summed E-state index contributed by atoms with van der Waals surface area (Å²) in [5.41, 5.74) is 2.90. The van der Waals surface area contributed by atoms with Crippen molar-refractivity contribution in [3.8, 4) is 0 Å². The van der Waals surface area contributed by atoms with E-state index in [1.807, 2.05) is 0 Å². The quantitative estimate of drug-likeness (QED) is 0.740. The highest BCUT2D eigenvalue weighted by molar-refractivity contribution is 5.56. The lowest BCUT2D eigenvalue weighted by Gasteiger charge is -2.18. The predicted molar refractivity (Wildman–Crippen MR) is 74.7 cm³/mol. The zero-order valence-corrected chi connectivity index (χ0v) is 11.1. The van der Waals surface area contributed by atoms with E-state index < -0.39 is 0 Å². The molecule has 1 aromatic carbocycles. The fourth-order valence-electron chi connectivity index (χ4n) is 2.53. The first-order valence-corrected chi connectivity index (χ1v) is 6.80. The summed E-state index contributed by atoms with van der Waals surface area (Å²) in [6.45, 7) is 4.67. The Bertz CT molecular complexity index is 343. The first-order valence-electron chi connectivity index (χ1n) is 6.80. The average molecular weight is 232 g/mol. The molecule has 17 heavy (non-hydrogen) atoms. The van der Waals surface area contributed by atoms with E-state index >= 15 is 0 Å². The van der Waals surface area contributed by atoms with Gasteiger partial charge in [-0.1, -0.05) is 24.6 Å². The molecule has 1 fully saturated rings. The molecule has 0 radical (unpaired) electrons. The Morgan fingerprint density at radius 3 is 2.65 bits per heavy atom. The molecule has 0 spiro atoms. The van der Waals surface area contributed by atoms with Gasteiger partial charge in [-0.3, -0.25) is 0 Å². The molecule has 0 aliphatic carbocycles. The summed E-state index contributed by atoms with van der Waals surface area (Å²) in [5.74, 6) is 0. The molecule has 94 valence electrons. The topological polar surface area (TPSA) is 15.3 Å². The van der Waals surface area contributed by atoms with Crippen LogP contribution in [0, 0.1) is 0 Å². The zero-order valence-electron chi connectivity index (χ0n) is 11.1. The summed E-state index contributed by atoms with van der Waals surface area (Å²) in [6, 6.07) is 9.38. The van der Waals surface area contributed by atoms with Crippen LogP contribution in [0.4, 0.5) is 5.69 Å². The largest absolute Gasteiger partial charge is 0.374 e.